The fourth-order valence-corrected chi connectivity index (χ4v) is 2.24. The van der Waals surface area contributed by atoms with E-state index in [-0.39, 0.29) is 12.4 Å². The molecule has 21 heavy (non-hydrogen) atoms. The van der Waals surface area contributed by atoms with Crippen LogP contribution in [0.15, 0.2) is 42.5 Å². The van der Waals surface area contributed by atoms with Crippen LogP contribution >= 0.6 is 11.6 Å². The summed E-state index contributed by atoms with van der Waals surface area (Å²) < 4.78 is 19.2. The molecule has 0 fully saturated rings. The quantitative estimate of drug-likeness (QED) is 0.833. The normalized spacial score (nSPS) is 12.2. The van der Waals surface area contributed by atoms with Crippen molar-refractivity contribution in [3.63, 3.8) is 0 Å². The van der Waals surface area contributed by atoms with Gasteiger partial charge in [0.25, 0.3) is 0 Å². The maximum Gasteiger partial charge on any atom is 0.131 e. The molecule has 2 nitrogen and oxygen atoms in total. The molecule has 0 aliphatic rings. The van der Waals surface area contributed by atoms with Gasteiger partial charge >= 0.3 is 0 Å². The number of ether oxygens (including phenoxy) is 1. The molecule has 0 heterocycles. The second kappa shape index (κ2) is 7.43. The standard InChI is InChI=1S/C17H19ClFNO/c1-3-20-12(2)13-5-8-16(9-6-13)21-11-14-4-7-15(18)10-17(14)19/h4-10,12,20H,3,11H2,1-2H3. The number of benzene rings is 2. The van der Waals surface area contributed by atoms with E-state index in [0.717, 1.165) is 12.3 Å². The lowest BCUT2D eigenvalue weighted by Crippen LogP contribution is -2.17. The number of halogens is 2. The molecule has 2 aromatic rings. The molecule has 112 valence electrons. The zero-order valence-corrected chi connectivity index (χ0v) is 13.0. The van der Waals surface area contributed by atoms with Crippen LogP contribution < -0.4 is 10.1 Å². The summed E-state index contributed by atoms with van der Waals surface area (Å²) >= 11 is 5.72. The van der Waals surface area contributed by atoms with E-state index in [2.05, 4.69) is 19.2 Å². The van der Waals surface area contributed by atoms with Crippen molar-refractivity contribution in [3.05, 3.63) is 64.4 Å². The molecule has 0 saturated carbocycles. The first-order valence-electron chi connectivity index (χ1n) is 7.00. The molecule has 0 aliphatic heterocycles. The van der Waals surface area contributed by atoms with Crippen LogP contribution in [-0.4, -0.2) is 6.54 Å². The summed E-state index contributed by atoms with van der Waals surface area (Å²) in [6.07, 6.45) is 0. The molecule has 0 amide bonds. The predicted octanol–water partition coefficient (Wildman–Crippen LogP) is 4.73. The molecule has 1 atom stereocenters. The maximum absolute atomic E-state index is 13.6. The second-order valence-electron chi connectivity index (χ2n) is 4.87. The maximum atomic E-state index is 13.6. The van der Waals surface area contributed by atoms with Crippen LogP contribution in [0.2, 0.25) is 5.02 Å². The van der Waals surface area contributed by atoms with Crippen LogP contribution in [0.1, 0.15) is 31.0 Å². The van der Waals surface area contributed by atoms with E-state index in [0.29, 0.717) is 16.6 Å². The van der Waals surface area contributed by atoms with Crippen molar-refractivity contribution in [1.29, 1.82) is 0 Å². The zero-order valence-electron chi connectivity index (χ0n) is 12.2. The van der Waals surface area contributed by atoms with Crippen LogP contribution in [0.3, 0.4) is 0 Å². The van der Waals surface area contributed by atoms with Gasteiger partial charge in [0.05, 0.1) is 0 Å². The van der Waals surface area contributed by atoms with Crippen molar-refractivity contribution in [3.8, 4) is 5.75 Å². The van der Waals surface area contributed by atoms with E-state index in [4.69, 9.17) is 16.3 Å². The van der Waals surface area contributed by atoms with Crippen LogP contribution in [0.4, 0.5) is 4.39 Å². The zero-order chi connectivity index (χ0) is 15.2. The van der Waals surface area contributed by atoms with Gasteiger partial charge in [-0.15, -0.1) is 0 Å². The van der Waals surface area contributed by atoms with Gasteiger partial charge in [0.2, 0.25) is 0 Å². The molecule has 1 unspecified atom stereocenters. The van der Waals surface area contributed by atoms with Crippen LogP contribution in [0.25, 0.3) is 0 Å². The minimum Gasteiger partial charge on any atom is -0.489 e. The summed E-state index contributed by atoms with van der Waals surface area (Å²) in [5, 5.41) is 3.74. The molecule has 4 heteroatoms. The molecule has 2 rings (SSSR count). The molecule has 1 N–H and O–H groups in total. The van der Waals surface area contributed by atoms with E-state index in [1.807, 2.05) is 24.3 Å². The minimum atomic E-state index is -0.347. The third kappa shape index (κ3) is 4.45. The third-order valence-electron chi connectivity index (χ3n) is 3.30. The highest BCUT2D eigenvalue weighted by Crippen LogP contribution is 2.20. The van der Waals surface area contributed by atoms with Gasteiger partial charge in [-0.05, 0) is 43.3 Å². The molecular weight excluding hydrogens is 289 g/mol. The van der Waals surface area contributed by atoms with Gasteiger partial charge in [-0.25, -0.2) is 4.39 Å². The van der Waals surface area contributed by atoms with Crippen LogP contribution in [0, 0.1) is 5.82 Å². The summed E-state index contributed by atoms with van der Waals surface area (Å²) in [6.45, 7) is 5.30. The lowest BCUT2D eigenvalue weighted by Gasteiger charge is -2.13. The van der Waals surface area contributed by atoms with E-state index in [9.17, 15) is 4.39 Å². The first-order valence-corrected chi connectivity index (χ1v) is 7.38. The van der Waals surface area contributed by atoms with Crippen molar-refractivity contribution < 1.29 is 9.13 Å². The fourth-order valence-electron chi connectivity index (χ4n) is 2.08. The minimum absolute atomic E-state index is 0.186. The third-order valence-corrected chi connectivity index (χ3v) is 3.53. The Balaban J connectivity index is 1.97. The molecular formula is C17H19ClFNO. The monoisotopic (exact) mass is 307 g/mol. The van der Waals surface area contributed by atoms with Crippen molar-refractivity contribution in [2.24, 2.45) is 0 Å². The average Bonchev–Trinajstić information content (AvgIpc) is 2.47. The van der Waals surface area contributed by atoms with Gasteiger partial charge < -0.3 is 10.1 Å². The molecule has 0 bridgehead atoms. The van der Waals surface area contributed by atoms with Gasteiger partial charge in [0.15, 0.2) is 0 Å². The lowest BCUT2D eigenvalue weighted by atomic mass is 10.1. The van der Waals surface area contributed by atoms with Crippen molar-refractivity contribution in [1.82, 2.24) is 5.32 Å². The topological polar surface area (TPSA) is 21.3 Å². The van der Waals surface area contributed by atoms with Crippen LogP contribution in [-0.2, 0) is 6.61 Å². The fraction of sp³-hybridized carbons (Fsp3) is 0.294. The van der Waals surface area contributed by atoms with Gasteiger partial charge in [0.1, 0.15) is 18.2 Å². The number of nitrogens with one attached hydrogen (secondary N) is 1. The number of hydrogen-bond acceptors (Lipinski definition) is 2. The summed E-state index contributed by atoms with van der Waals surface area (Å²) in [7, 11) is 0. The lowest BCUT2D eigenvalue weighted by molar-refractivity contribution is 0.299. The number of hydrogen-bond donors (Lipinski definition) is 1. The summed E-state index contributed by atoms with van der Waals surface area (Å²) in [6, 6.07) is 12.7. The summed E-state index contributed by atoms with van der Waals surface area (Å²) in [5.41, 5.74) is 1.69. The van der Waals surface area contributed by atoms with Crippen molar-refractivity contribution in [2.45, 2.75) is 26.5 Å². The first-order chi connectivity index (χ1) is 10.1. The van der Waals surface area contributed by atoms with Crippen molar-refractivity contribution in [2.75, 3.05) is 6.54 Å². The Hall–Kier alpha value is -1.58. The highest BCUT2D eigenvalue weighted by molar-refractivity contribution is 6.30. The Kier molecular flexibility index (Phi) is 5.59. The second-order valence-corrected chi connectivity index (χ2v) is 5.31. The summed E-state index contributed by atoms with van der Waals surface area (Å²) in [5.74, 6) is 0.372. The Morgan fingerprint density at radius 3 is 2.52 bits per heavy atom. The smallest absolute Gasteiger partial charge is 0.131 e. The number of rotatable bonds is 6. The first kappa shape index (κ1) is 15.8. The Morgan fingerprint density at radius 1 is 1.19 bits per heavy atom. The van der Waals surface area contributed by atoms with Gasteiger partial charge in [-0.1, -0.05) is 36.7 Å². The molecule has 0 aliphatic carbocycles. The highest BCUT2D eigenvalue weighted by Gasteiger charge is 2.06. The molecule has 0 saturated heterocycles. The molecule has 2 aromatic carbocycles. The molecule has 0 aromatic heterocycles. The van der Waals surface area contributed by atoms with Crippen molar-refractivity contribution >= 4 is 11.6 Å². The van der Waals surface area contributed by atoms with Gasteiger partial charge in [-0.3, -0.25) is 0 Å². The average molecular weight is 308 g/mol. The van der Waals surface area contributed by atoms with E-state index >= 15 is 0 Å². The highest BCUT2D eigenvalue weighted by atomic mass is 35.5. The Morgan fingerprint density at radius 2 is 1.90 bits per heavy atom. The Bertz CT molecular complexity index is 586. The van der Waals surface area contributed by atoms with E-state index in [1.54, 1.807) is 12.1 Å². The van der Waals surface area contributed by atoms with E-state index in [1.165, 1.54) is 11.6 Å². The van der Waals surface area contributed by atoms with Gasteiger partial charge in [-0.2, -0.15) is 0 Å². The SMILES string of the molecule is CCNC(C)c1ccc(OCc2ccc(Cl)cc2F)cc1. The van der Waals surface area contributed by atoms with Gasteiger partial charge in [0, 0.05) is 16.6 Å². The molecule has 0 radical (unpaired) electrons. The largest absolute Gasteiger partial charge is 0.489 e. The Labute approximate surface area is 129 Å². The summed E-state index contributed by atoms with van der Waals surface area (Å²) in [4.78, 5) is 0. The van der Waals surface area contributed by atoms with E-state index < -0.39 is 0 Å². The molecule has 0 spiro atoms. The van der Waals surface area contributed by atoms with Crippen LogP contribution in [0.5, 0.6) is 5.75 Å². The predicted molar refractivity (Wildman–Crippen MR) is 84.3 cm³/mol.